The molecule has 0 bridgehead atoms. The van der Waals surface area contributed by atoms with Gasteiger partial charge in [-0.2, -0.15) is 0 Å². The molecule has 0 N–H and O–H groups in total. The molecule has 2 aliphatic heterocycles. The Balaban J connectivity index is 1.23. The van der Waals surface area contributed by atoms with E-state index in [1.807, 2.05) is 60.7 Å². The first kappa shape index (κ1) is 29.2. The SMILES string of the molecule is CC1=C(C(=O)OC(c2ccccc2)c2ccccc2)N2C(=O)[C@H]([C@@H](C)OC(=O)OCc3ccc([N+](=O)[O-])cc3)[C@H]2SS1. The molecule has 1 saturated heterocycles. The van der Waals surface area contributed by atoms with Crippen LogP contribution in [0.15, 0.2) is 95.5 Å². The quantitative estimate of drug-likeness (QED) is 0.0890. The fourth-order valence-corrected chi connectivity index (χ4v) is 7.53. The van der Waals surface area contributed by atoms with Gasteiger partial charge in [0.15, 0.2) is 6.10 Å². The predicted octanol–water partition coefficient (Wildman–Crippen LogP) is 6.38. The molecule has 3 atom stereocenters. The highest BCUT2D eigenvalue weighted by molar-refractivity contribution is 8.78. The largest absolute Gasteiger partial charge is 0.508 e. The topological polar surface area (TPSA) is 125 Å². The highest BCUT2D eigenvalue weighted by Gasteiger charge is 2.57. The minimum atomic E-state index is -0.972. The number of esters is 1. The summed E-state index contributed by atoms with van der Waals surface area (Å²) < 4.78 is 16.6. The van der Waals surface area contributed by atoms with Crippen LogP contribution in [0.1, 0.15) is 36.6 Å². The predicted molar refractivity (Wildman–Crippen MR) is 157 cm³/mol. The number of ether oxygens (including phenoxy) is 3. The Morgan fingerprint density at radius 3 is 2.12 bits per heavy atom. The van der Waals surface area contributed by atoms with E-state index in [1.165, 1.54) is 50.8 Å². The summed E-state index contributed by atoms with van der Waals surface area (Å²) in [4.78, 5) is 51.6. The van der Waals surface area contributed by atoms with Crippen LogP contribution in [0.25, 0.3) is 0 Å². The molecule has 0 aromatic heterocycles. The summed E-state index contributed by atoms with van der Waals surface area (Å²) in [5, 5.41) is 10.4. The number of hydrogen-bond acceptors (Lipinski definition) is 10. The van der Waals surface area contributed by atoms with E-state index in [-0.39, 0.29) is 23.9 Å². The van der Waals surface area contributed by atoms with Crippen molar-refractivity contribution in [3.05, 3.63) is 122 Å². The van der Waals surface area contributed by atoms with Gasteiger partial charge < -0.3 is 14.2 Å². The van der Waals surface area contributed by atoms with Gasteiger partial charge in [-0.25, -0.2) is 9.59 Å². The third kappa shape index (κ3) is 6.14. The Bertz CT molecular complexity index is 1480. The molecule has 5 rings (SSSR count). The molecule has 10 nitrogen and oxygen atoms in total. The van der Waals surface area contributed by atoms with Crippen LogP contribution < -0.4 is 0 Å². The molecule has 216 valence electrons. The molecule has 1 amide bonds. The van der Waals surface area contributed by atoms with E-state index >= 15 is 0 Å². The summed E-state index contributed by atoms with van der Waals surface area (Å²) in [6, 6.07) is 24.3. The van der Waals surface area contributed by atoms with Gasteiger partial charge in [0.1, 0.15) is 29.7 Å². The second-order valence-electron chi connectivity index (χ2n) is 9.60. The highest BCUT2D eigenvalue weighted by atomic mass is 33.1. The number of nitrogens with zero attached hydrogens (tertiary/aromatic N) is 2. The standard InChI is InChI=1S/C30H26N2O8S2/c1-18(39-30(35)38-17-20-13-15-23(16-14-20)32(36)37)24-27(33)31-25(19(2)41-42-28(24)31)29(34)40-26(21-9-5-3-6-10-21)22-11-7-4-8-12-22/h3-16,18,24,26,28H,17H2,1-2H3/t18-,24+,28-/m1/s1. The van der Waals surface area contributed by atoms with Gasteiger partial charge in [-0.15, -0.1) is 0 Å². The number of benzene rings is 3. The third-order valence-electron chi connectivity index (χ3n) is 6.84. The van der Waals surface area contributed by atoms with Gasteiger partial charge in [-0.05, 0) is 42.7 Å². The Morgan fingerprint density at radius 2 is 1.55 bits per heavy atom. The summed E-state index contributed by atoms with van der Waals surface area (Å²) in [5.74, 6) is -1.67. The minimum absolute atomic E-state index is 0.0750. The summed E-state index contributed by atoms with van der Waals surface area (Å²) in [6.07, 6.45) is -2.47. The molecular weight excluding hydrogens is 580 g/mol. The number of β-lactam (4-membered cyclic amide) rings is 1. The number of amides is 1. The Kier molecular flexibility index (Phi) is 8.83. The number of rotatable bonds is 9. The summed E-state index contributed by atoms with van der Waals surface area (Å²) in [7, 11) is 2.77. The molecule has 0 saturated carbocycles. The average Bonchev–Trinajstić information content (AvgIpc) is 3.00. The number of fused-ring (bicyclic) bond motifs is 1. The molecule has 42 heavy (non-hydrogen) atoms. The van der Waals surface area contributed by atoms with Crippen molar-refractivity contribution < 1.29 is 33.5 Å². The van der Waals surface area contributed by atoms with E-state index < -0.39 is 40.5 Å². The fraction of sp³-hybridized carbons (Fsp3) is 0.233. The molecule has 1 fully saturated rings. The lowest BCUT2D eigenvalue weighted by Crippen LogP contribution is -2.64. The molecule has 2 heterocycles. The van der Waals surface area contributed by atoms with E-state index in [0.717, 1.165) is 11.1 Å². The van der Waals surface area contributed by atoms with Gasteiger partial charge in [-0.3, -0.25) is 19.8 Å². The van der Waals surface area contributed by atoms with Crippen molar-refractivity contribution in [2.45, 2.75) is 38.0 Å². The fourth-order valence-electron chi connectivity index (χ4n) is 4.69. The van der Waals surface area contributed by atoms with Crippen LogP contribution in [-0.2, 0) is 30.4 Å². The molecule has 3 aromatic carbocycles. The van der Waals surface area contributed by atoms with Crippen LogP contribution in [0, 0.1) is 16.0 Å². The number of non-ortho nitro benzene ring substituents is 1. The zero-order chi connectivity index (χ0) is 29.8. The second-order valence-corrected chi connectivity index (χ2v) is 12.1. The van der Waals surface area contributed by atoms with Crippen LogP contribution in [0.2, 0.25) is 0 Å². The van der Waals surface area contributed by atoms with Crippen LogP contribution in [0.4, 0.5) is 10.5 Å². The first-order valence-corrected chi connectivity index (χ1v) is 15.2. The summed E-state index contributed by atoms with van der Waals surface area (Å²) >= 11 is 0. The van der Waals surface area contributed by atoms with Crippen molar-refractivity contribution in [1.82, 2.24) is 4.90 Å². The van der Waals surface area contributed by atoms with Crippen LogP contribution >= 0.6 is 21.6 Å². The molecule has 3 aromatic rings. The maximum absolute atomic E-state index is 13.6. The Labute approximate surface area is 249 Å². The monoisotopic (exact) mass is 606 g/mol. The molecular formula is C30H26N2O8S2. The lowest BCUT2D eigenvalue weighted by molar-refractivity contribution is -0.384. The van der Waals surface area contributed by atoms with E-state index in [1.54, 1.807) is 13.8 Å². The van der Waals surface area contributed by atoms with Gasteiger partial charge in [0.25, 0.3) is 5.69 Å². The molecule has 0 spiro atoms. The number of nitro benzene ring substituents is 1. The van der Waals surface area contributed by atoms with Gasteiger partial charge in [0.2, 0.25) is 5.91 Å². The first-order valence-electron chi connectivity index (χ1n) is 13.0. The van der Waals surface area contributed by atoms with Crippen molar-refractivity contribution >= 4 is 45.3 Å². The van der Waals surface area contributed by atoms with Crippen LogP contribution in [-0.4, -0.2) is 39.3 Å². The average molecular weight is 607 g/mol. The Hall–Kier alpha value is -4.29. The van der Waals surface area contributed by atoms with Crippen molar-refractivity contribution in [2.24, 2.45) is 5.92 Å². The third-order valence-corrected chi connectivity index (χ3v) is 9.72. The van der Waals surface area contributed by atoms with E-state index in [9.17, 15) is 24.5 Å². The van der Waals surface area contributed by atoms with E-state index in [0.29, 0.717) is 10.5 Å². The van der Waals surface area contributed by atoms with E-state index in [2.05, 4.69) is 0 Å². The minimum Gasteiger partial charge on any atom is -0.448 e. The van der Waals surface area contributed by atoms with Crippen molar-refractivity contribution in [1.29, 1.82) is 0 Å². The maximum Gasteiger partial charge on any atom is 0.508 e. The number of carbonyl (C=O) groups excluding carboxylic acids is 3. The number of allylic oxidation sites excluding steroid dienone is 1. The van der Waals surface area contributed by atoms with Gasteiger partial charge in [-0.1, -0.05) is 82.3 Å². The normalized spacial score (nSPS) is 18.5. The molecule has 2 aliphatic rings. The van der Waals surface area contributed by atoms with Crippen molar-refractivity contribution in [3.8, 4) is 0 Å². The first-order chi connectivity index (χ1) is 20.2. The van der Waals surface area contributed by atoms with Gasteiger partial charge in [0.05, 0.1) is 4.92 Å². The summed E-state index contributed by atoms with van der Waals surface area (Å²) in [6.45, 7) is 3.22. The molecule has 0 unspecified atom stereocenters. The van der Waals surface area contributed by atoms with Crippen LogP contribution in [0.3, 0.4) is 0 Å². The zero-order valence-corrected chi connectivity index (χ0v) is 24.2. The number of hydrogen-bond donors (Lipinski definition) is 0. The smallest absolute Gasteiger partial charge is 0.448 e. The number of carbonyl (C=O) groups is 3. The van der Waals surface area contributed by atoms with Crippen LogP contribution in [0.5, 0.6) is 0 Å². The molecule has 0 aliphatic carbocycles. The second kappa shape index (κ2) is 12.7. The highest BCUT2D eigenvalue weighted by Crippen LogP contribution is 2.53. The zero-order valence-electron chi connectivity index (χ0n) is 22.6. The van der Waals surface area contributed by atoms with Crippen molar-refractivity contribution in [2.75, 3.05) is 0 Å². The van der Waals surface area contributed by atoms with Gasteiger partial charge in [0, 0.05) is 17.0 Å². The lowest BCUT2D eigenvalue weighted by atomic mass is 9.91. The maximum atomic E-state index is 13.6. The van der Waals surface area contributed by atoms with E-state index in [4.69, 9.17) is 14.2 Å². The van der Waals surface area contributed by atoms with Crippen molar-refractivity contribution in [3.63, 3.8) is 0 Å². The van der Waals surface area contributed by atoms with Gasteiger partial charge >= 0.3 is 12.1 Å². The Morgan fingerprint density at radius 1 is 0.952 bits per heavy atom. The molecule has 0 radical (unpaired) electrons. The number of nitro groups is 1. The lowest BCUT2D eigenvalue weighted by Gasteiger charge is -2.50. The summed E-state index contributed by atoms with van der Waals surface area (Å²) in [5.41, 5.74) is 2.24. The molecule has 12 heteroatoms.